The van der Waals surface area contributed by atoms with Crippen molar-refractivity contribution < 1.29 is 8.78 Å². The third-order valence-electron chi connectivity index (χ3n) is 3.65. The number of halogens is 2. The monoisotopic (exact) mass is 189 g/mol. The van der Waals surface area contributed by atoms with Gasteiger partial charge in [0, 0.05) is 6.04 Å². The standard InChI is InChI=1S/C10H17F2N/c1-8(2)13-7-10(11,12)9(13)5-3-4-6-9/h8H,3-7H2,1-2H3. The second-order valence-corrected chi connectivity index (χ2v) is 4.66. The Hall–Kier alpha value is -0.180. The quantitative estimate of drug-likeness (QED) is 0.613. The van der Waals surface area contributed by atoms with Crippen LogP contribution >= 0.6 is 0 Å². The van der Waals surface area contributed by atoms with Gasteiger partial charge < -0.3 is 0 Å². The molecule has 0 bridgehead atoms. The van der Waals surface area contributed by atoms with E-state index in [1.807, 2.05) is 18.7 Å². The average molecular weight is 189 g/mol. The minimum Gasteiger partial charge on any atom is -0.284 e. The molecule has 2 fully saturated rings. The van der Waals surface area contributed by atoms with Crippen LogP contribution in [0.1, 0.15) is 39.5 Å². The molecule has 1 aliphatic heterocycles. The smallest absolute Gasteiger partial charge is 0.278 e. The molecule has 1 saturated carbocycles. The molecule has 0 radical (unpaired) electrons. The Bertz CT molecular complexity index is 207. The minimum atomic E-state index is -2.42. The van der Waals surface area contributed by atoms with Crippen molar-refractivity contribution in [3.05, 3.63) is 0 Å². The molecule has 0 N–H and O–H groups in total. The van der Waals surface area contributed by atoms with Gasteiger partial charge in [-0.1, -0.05) is 12.8 Å². The zero-order valence-corrected chi connectivity index (χ0v) is 8.32. The highest BCUT2D eigenvalue weighted by Gasteiger charge is 2.67. The Kier molecular flexibility index (Phi) is 1.92. The number of rotatable bonds is 1. The average Bonchev–Trinajstić information content (AvgIpc) is 2.50. The van der Waals surface area contributed by atoms with Crippen LogP contribution in [0.2, 0.25) is 0 Å². The maximum Gasteiger partial charge on any atom is 0.278 e. The van der Waals surface area contributed by atoms with Gasteiger partial charge in [-0.2, -0.15) is 0 Å². The van der Waals surface area contributed by atoms with E-state index in [9.17, 15) is 8.78 Å². The lowest BCUT2D eigenvalue weighted by atomic mass is 9.77. The maximum atomic E-state index is 13.5. The zero-order valence-electron chi connectivity index (χ0n) is 8.32. The van der Waals surface area contributed by atoms with Crippen LogP contribution in [-0.2, 0) is 0 Å². The first-order valence-corrected chi connectivity index (χ1v) is 5.14. The predicted molar refractivity (Wildman–Crippen MR) is 48.0 cm³/mol. The van der Waals surface area contributed by atoms with Crippen molar-refractivity contribution in [3.8, 4) is 0 Å². The predicted octanol–water partition coefficient (Wildman–Crippen LogP) is 2.66. The number of hydrogen-bond acceptors (Lipinski definition) is 1. The zero-order chi connectivity index (χ0) is 9.69. The van der Waals surface area contributed by atoms with E-state index in [1.54, 1.807) is 0 Å². The fourth-order valence-corrected chi connectivity index (χ4v) is 2.92. The van der Waals surface area contributed by atoms with Crippen molar-refractivity contribution in [3.63, 3.8) is 0 Å². The van der Waals surface area contributed by atoms with Crippen molar-refractivity contribution in [2.45, 2.75) is 57.0 Å². The Balaban J connectivity index is 2.20. The molecule has 76 valence electrons. The Morgan fingerprint density at radius 1 is 1.15 bits per heavy atom. The Labute approximate surface area is 78.1 Å². The second-order valence-electron chi connectivity index (χ2n) is 4.66. The molecule has 2 aliphatic rings. The van der Waals surface area contributed by atoms with E-state index in [0.29, 0.717) is 12.8 Å². The molecule has 0 amide bonds. The molecule has 0 atom stereocenters. The Morgan fingerprint density at radius 2 is 1.69 bits per heavy atom. The van der Waals surface area contributed by atoms with Gasteiger partial charge in [0.1, 0.15) is 0 Å². The first kappa shape index (κ1) is 9.38. The molecule has 0 aromatic carbocycles. The molecule has 1 aliphatic carbocycles. The van der Waals surface area contributed by atoms with E-state index in [-0.39, 0.29) is 12.6 Å². The summed E-state index contributed by atoms with van der Waals surface area (Å²) < 4.78 is 26.9. The molecule has 1 spiro atoms. The number of likely N-dealkylation sites (tertiary alicyclic amines) is 1. The summed E-state index contributed by atoms with van der Waals surface area (Å²) in [5.74, 6) is -2.42. The van der Waals surface area contributed by atoms with Gasteiger partial charge in [-0.25, -0.2) is 8.78 Å². The molecule has 13 heavy (non-hydrogen) atoms. The molecular formula is C10H17F2N. The number of hydrogen-bond donors (Lipinski definition) is 0. The fourth-order valence-electron chi connectivity index (χ4n) is 2.92. The van der Waals surface area contributed by atoms with Gasteiger partial charge in [-0.3, -0.25) is 4.90 Å². The van der Waals surface area contributed by atoms with E-state index in [0.717, 1.165) is 12.8 Å². The van der Waals surface area contributed by atoms with Crippen LogP contribution in [0.15, 0.2) is 0 Å². The lowest BCUT2D eigenvalue weighted by molar-refractivity contribution is -0.253. The van der Waals surface area contributed by atoms with Crippen molar-refractivity contribution in [1.29, 1.82) is 0 Å². The van der Waals surface area contributed by atoms with Gasteiger partial charge in [-0.15, -0.1) is 0 Å². The molecule has 1 nitrogen and oxygen atoms in total. The van der Waals surface area contributed by atoms with Gasteiger partial charge in [0.05, 0.1) is 12.1 Å². The van der Waals surface area contributed by atoms with Crippen LogP contribution < -0.4 is 0 Å². The van der Waals surface area contributed by atoms with E-state index in [1.165, 1.54) is 0 Å². The molecule has 3 heteroatoms. The third kappa shape index (κ3) is 1.06. The summed E-state index contributed by atoms with van der Waals surface area (Å²) in [6, 6.07) is 0.262. The fraction of sp³-hybridized carbons (Fsp3) is 1.00. The molecule has 1 heterocycles. The summed E-state index contributed by atoms with van der Waals surface area (Å²) in [7, 11) is 0. The van der Waals surface area contributed by atoms with Crippen LogP contribution in [0.25, 0.3) is 0 Å². The summed E-state index contributed by atoms with van der Waals surface area (Å²) >= 11 is 0. The van der Waals surface area contributed by atoms with E-state index in [2.05, 4.69) is 0 Å². The summed E-state index contributed by atoms with van der Waals surface area (Å²) in [6.45, 7) is 4.00. The van der Waals surface area contributed by atoms with Gasteiger partial charge in [0.15, 0.2) is 0 Å². The summed E-state index contributed by atoms with van der Waals surface area (Å²) in [5.41, 5.74) is -0.749. The second kappa shape index (κ2) is 2.66. The molecule has 0 unspecified atom stereocenters. The van der Waals surface area contributed by atoms with Gasteiger partial charge in [-0.05, 0) is 26.7 Å². The number of nitrogens with zero attached hydrogens (tertiary/aromatic N) is 1. The van der Waals surface area contributed by atoms with Gasteiger partial charge in [0.25, 0.3) is 5.92 Å². The summed E-state index contributed by atoms with van der Waals surface area (Å²) in [4.78, 5) is 1.99. The maximum absolute atomic E-state index is 13.5. The lowest BCUT2D eigenvalue weighted by Crippen LogP contribution is -2.75. The van der Waals surface area contributed by atoms with Crippen molar-refractivity contribution in [2.75, 3.05) is 6.54 Å². The summed E-state index contributed by atoms with van der Waals surface area (Å²) in [6.07, 6.45) is 3.33. The topological polar surface area (TPSA) is 3.24 Å². The van der Waals surface area contributed by atoms with Crippen LogP contribution in [0, 0.1) is 0 Å². The van der Waals surface area contributed by atoms with Gasteiger partial charge >= 0.3 is 0 Å². The molecule has 0 aromatic rings. The lowest BCUT2D eigenvalue weighted by Gasteiger charge is -2.58. The first-order valence-electron chi connectivity index (χ1n) is 5.14. The highest BCUT2D eigenvalue weighted by molar-refractivity contribution is 5.15. The van der Waals surface area contributed by atoms with E-state index >= 15 is 0 Å². The highest BCUT2D eigenvalue weighted by atomic mass is 19.3. The normalized spacial score (nSPS) is 31.2. The van der Waals surface area contributed by atoms with Crippen LogP contribution in [-0.4, -0.2) is 28.9 Å². The largest absolute Gasteiger partial charge is 0.284 e. The van der Waals surface area contributed by atoms with Crippen molar-refractivity contribution in [1.82, 2.24) is 4.90 Å². The minimum absolute atomic E-state index is 0.0231. The van der Waals surface area contributed by atoms with Gasteiger partial charge in [0.2, 0.25) is 0 Å². The molecule has 0 aromatic heterocycles. The Morgan fingerprint density at radius 3 is 2.08 bits per heavy atom. The summed E-state index contributed by atoms with van der Waals surface area (Å²) in [5, 5.41) is 0. The van der Waals surface area contributed by atoms with Crippen LogP contribution in [0.3, 0.4) is 0 Å². The molecular weight excluding hydrogens is 172 g/mol. The number of alkyl halides is 2. The van der Waals surface area contributed by atoms with E-state index < -0.39 is 11.5 Å². The van der Waals surface area contributed by atoms with E-state index in [4.69, 9.17) is 0 Å². The molecule has 2 rings (SSSR count). The van der Waals surface area contributed by atoms with Crippen LogP contribution in [0.4, 0.5) is 8.78 Å². The highest BCUT2D eigenvalue weighted by Crippen LogP contribution is 2.54. The van der Waals surface area contributed by atoms with Crippen molar-refractivity contribution in [2.24, 2.45) is 0 Å². The van der Waals surface area contributed by atoms with Crippen molar-refractivity contribution >= 4 is 0 Å². The third-order valence-corrected chi connectivity index (χ3v) is 3.65. The first-order chi connectivity index (χ1) is 6.00. The molecule has 1 saturated heterocycles. The van der Waals surface area contributed by atoms with Crippen LogP contribution in [0.5, 0.6) is 0 Å². The SMILES string of the molecule is CC(C)N1CC(F)(F)C12CCCC2.